The van der Waals surface area contributed by atoms with Gasteiger partial charge in [-0.3, -0.25) is 0 Å². The monoisotopic (exact) mass is 579 g/mol. The molecule has 0 saturated carbocycles. The van der Waals surface area contributed by atoms with E-state index in [0.29, 0.717) is 37.1 Å². The third-order valence-corrected chi connectivity index (χ3v) is 7.39. The number of methoxy groups -OCH3 is 1. The number of piperidine rings is 1. The van der Waals surface area contributed by atoms with Gasteiger partial charge in [-0.2, -0.15) is 4.98 Å². The van der Waals surface area contributed by atoms with E-state index in [9.17, 15) is 9.18 Å². The van der Waals surface area contributed by atoms with Gasteiger partial charge in [-0.05, 0) is 69.4 Å². The van der Waals surface area contributed by atoms with Gasteiger partial charge in [0.2, 0.25) is 5.95 Å². The first-order valence-corrected chi connectivity index (χ1v) is 14.1. The largest absolute Gasteiger partial charge is 0.494 e. The Labute approximate surface area is 244 Å². The van der Waals surface area contributed by atoms with E-state index in [-0.39, 0.29) is 17.8 Å². The minimum Gasteiger partial charge on any atom is -0.494 e. The molecular formula is C31H35ClFN5O3. The fourth-order valence-corrected chi connectivity index (χ4v) is 5.40. The highest BCUT2D eigenvalue weighted by molar-refractivity contribution is 6.33. The molecule has 0 unspecified atom stereocenters. The third-order valence-electron chi connectivity index (χ3n) is 7.06. The quantitative estimate of drug-likeness (QED) is 0.250. The number of hydrogen-bond donors (Lipinski definition) is 1. The van der Waals surface area contributed by atoms with Crippen molar-refractivity contribution >= 4 is 34.7 Å². The van der Waals surface area contributed by atoms with Gasteiger partial charge in [0.25, 0.3) is 0 Å². The molecule has 1 fully saturated rings. The maximum Gasteiger partial charge on any atom is 0.410 e. The Kier molecular flexibility index (Phi) is 8.35. The van der Waals surface area contributed by atoms with Crippen LogP contribution < -0.4 is 10.1 Å². The van der Waals surface area contributed by atoms with Crippen LogP contribution in [-0.2, 0) is 17.8 Å². The van der Waals surface area contributed by atoms with Crippen molar-refractivity contribution in [1.82, 2.24) is 19.4 Å². The molecule has 2 aromatic carbocycles. The first-order valence-electron chi connectivity index (χ1n) is 13.8. The van der Waals surface area contributed by atoms with Crippen LogP contribution in [0.15, 0.2) is 54.7 Å². The Balaban J connectivity index is 1.44. The average molecular weight is 580 g/mol. The maximum atomic E-state index is 14.2. The number of ether oxygens (including phenoxy) is 2. The number of nitrogens with zero attached hydrogens (tertiary/aromatic N) is 4. The van der Waals surface area contributed by atoms with E-state index in [1.165, 1.54) is 13.2 Å². The van der Waals surface area contributed by atoms with Gasteiger partial charge in [0.1, 0.15) is 11.2 Å². The summed E-state index contributed by atoms with van der Waals surface area (Å²) in [6.07, 6.45) is 3.36. The Hall–Kier alpha value is -3.85. The number of nitrogens with one attached hydrogen (secondary N) is 1. The number of anilines is 1. The molecule has 2 aromatic heterocycles. The van der Waals surface area contributed by atoms with Gasteiger partial charge in [-0.15, -0.1) is 0 Å². The van der Waals surface area contributed by atoms with Crippen molar-refractivity contribution in [2.45, 2.75) is 52.3 Å². The number of likely N-dealkylation sites (tertiary alicyclic amines) is 1. The first-order chi connectivity index (χ1) is 19.6. The summed E-state index contributed by atoms with van der Waals surface area (Å²) in [6, 6.07) is 14.6. The molecule has 0 aliphatic carbocycles. The van der Waals surface area contributed by atoms with Gasteiger partial charge < -0.3 is 24.3 Å². The van der Waals surface area contributed by atoms with Crippen molar-refractivity contribution in [2.24, 2.45) is 5.92 Å². The Bertz CT molecular complexity index is 1550. The third kappa shape index (κ3) is 6.73. The number of carbonyl (C=O) groups excluding carboxylic acids is 1. The molecule has 1 N–H and O–H groups in total. The summed E-state index contributed by atoms with van der Waals surface area (Å²) in [7, 11) is 1.44. The van der Waals surface area contributed by atoms with Crippen molar-refractivity contribution in [1.29, 1.82) is 0 Å². The number of carbonyl (C=O) groups is 1. The molecule has 41 heavy (non-hydrogen) atoms. The maximum absolute atomic E-state index is 14.2. The molecule has 0 radical (unpaired) electrons. The second-order valence-corrected chi connectivity index (χ2v) is 11.8. The van der Waals surface area contributed by atoms with E-state index in [4.69, 9.17) is 26.1 Å². The molecule has 8 nitrogen and oxygen atoms in total. The minimum atomic E-state index is -0.546. The van der Waals surface area contributed by atoms with Crippen molar-refractivity contribution in [2.75, 3.05) is 25.5 Å². The molecule has 3 heterocycles. The highest BCUT2D eigenvalue weighted by Gasteiger charge is 2.29. The molecule has 0 bridgehead atoms. The van der Waals surface area contributed by atoms with Crippen molar-refractivity contribution in [3.8, 4) is 17.0 Å². The molecule has 10 heteroatoms. The van der Waals surface area contributed by atoms with Crippen LogP contribution in [0.25, 0.3) is 22.3 Å². The van der Waals surface area contributed by atoms with Gasteiger partial charge >= 0.3 is 6.09 Å². The summed E-state index contributed by atoms with van der Waals surface area (Å²) in [5, 5.41) is 4.73. The number of amides is 1. The second kappa shape index (κ2) is 11.9. The normalized spacial score (nSPS) is 15.7. The molecule has 1 amide bonds. The number of benzene rings is 2. The molecule has 1 aliphatic rings. The molecule has 1 atom stereocenters. The number of aromatic nitrogens is 3. The molecular weight excluding hydrogens is 545 g/mol. The van der Waals surface area contributed by atoms with E-state index in [2.05, 4.69) is 14.9 Å². The van der Waals surface area contributed by atoms with Crippen LogP contribution in [-0.4, -0.2) is 51.3 Å². The predicted octanol–water partition coefficient (Wildman–Crippen LogP) is 7.16. The van der Waals surface area contributed by atoms with Crippen molar-refractivity contribution < 1.29 is 18.7 Å². The summed E-state index contributed by atoms with van der Waals surface area (Å²) < 4.78 is 27.0. The zero-order valence-electron chi connectivity index (χ0n) is 23.8. The Morgan fingerprint density at radius 2 is 2.00 bits per heavy atom. The van der Waals surface area contributed by atoms with E-state index in [1.54, 1.807) is 23.2 Å². The molecule has 216 valence electrons. The van der Waals surface area contributed by atoms with Gasteiger partial charge in [0.05, 0.1) is 12.8 Å². The van der Waals surface area contributed by atoms with Crippen LogP contribution in [0.5, 0.6) is 5.75 Å². The van der Waals surface area contributed by atoms with Gasteiger partial charge in [-0.1, -0.05) is 35.9 Å². The van der Waals surface area contributed by atoms with Crippen molar-refractivity contribution in [3.05, 3.63) is 71.1 Å². The number of fused-ring (bicyclic) bond motifs is 1. The van der Waals surface area contributed by atoms with Crippen LogP contribution in [0.3, 0.4) is 0 Å². The summed E-state index contributed by atoms with van der Waals surface area (Å²) in [4.78, 5) is 24.0. The average Bonchev–Trinajstić information content (AvgIpc) is 3.28. The molecule has 4 aromatic rings. The van der Waals surface area contributed by atoms with Crippen LogP contribution in [0.1, 0.15) is 39.2 Å². The topological polar surface area (TPSA) is 81.5 Å². The van der Waals surface area contributed by atoms with Crippen molar-refractivity contribution in [3.63, 3.8) is 0 Å². The Morgan fingerprint density at radius 1 is 1.20 bits per heavy atom. The SMILES string of the molecule is COc1ccc(CNc2ncc3cc(-c4ccccc4Cl)n(C[C@@H]4CCCN(C(=O)OC(C)(C)C)C4)c3n2)cc1F. The molecule has 5 rings (SSSR count). The highest BCUT2D eigenvalue weighted by atomic mass is 35.5. The van der Waals surface area contributed by atoms with E-state index < -0.39 is 11.4 Å². The molecule has 1 saturated heterocycles. The summed E-state index contributed by atoms with van der Waals surface area (Å²) in [5.74, 6) is 0.401. The smallest absolute Gasteiger partial charge is 0.410 e. The lowest BCUT2D eigenvalue weighted by Gasteiger charge is -2.34. The predicted molar refractivity (Wildman–Crippen MR) is 159 cm³/mol. The van der Waals surface area contributed by atoms with Crippen LogP contribution in [0.4, 0.5) is 15.1 Å². The number of halogens is 2. The number of hydrogen-bond acceptors (Lipinski definition) is 6. The lowest BCUT2D eigenvalue weighted by molar-refractivity contribution is 0.0158. The second-order valence-electron chi connectivity index (χ2n) is 11.3. The molecule has 1 aliphatic heterocycles. The van der Waals surface area contributed by atoms with Gasteiger partial charge in [0.15, 0.2) is 11.6 Å². The zero-order valence-corrected chi connectivity index (χ0v) is 24.5. The van der Waals surface area contributed by atoms with E-state index in [1.807, 2.05) is 51.1 Å². The van der Waals surface area contributed by atoms with Crippen LogP contribution >= 0.6 is 11.6 Å². The minimum absolute atomic E-state index is 0.196. The molecule has 0 spiro atoms. The first kappa shape index (κ1) is 28.7. The summed E-state index contributed by atoms with van der Waals surface area (Å²) in [6.45, 7) is 7.90. The lowest BCUT2D eigenvalue weighted by Crippen LogP contribution is -2.43. The number of rotatable bonds is 7. The van der Waals surface area contributed by atoms with Gasteiger partial charge in [0, 0.05) is 48.3 Å². The summed E-state index contributed by atoms with van der Waals surface area (Å²) >= 11 is 6.64. The fraction of sp³-hybridized carbons (Fsp3) is 0.387. The zero-order chi connectivity index (χ0) is 29.1. The summed E-state index contributed by atoms with van der Waals surface area (Å²) in [5.41, 5.74) is 2.78. The van der Waals surface area contributed by atoms with Gasteiger partial charge in [-0.25, -0.2) is 14.2 Å². The van der Waals surface area contributed by atoms with E-state index in [0.717, 1.165) is 40.7 Å². The standard InChI is InChI=1S/C31H35ClFN5O3/c1-31(2,3)41-30(39)37-13-7-8-21(18-37)19-38-26(23-9-5-6-10-24(23)32)15-22-17-35-29(36-28(22)38)34-16-20-11-12-27(40-4)25(33)14-20/h5-6,9-12,14-15,17,21H,7-8,13,16,18-19H2,1-4H3,(H,34,35,36)/t21-/m1/s1. The van der Waals surface area contributed by atoms with E-state index >= 15 is 0 Å². The Morgan fingerprint density at radius 3 is 2.73 bits per heavy atom. The lowest BCUT2D eigenvalue weighted by atomic mass is 9.98. The van der Waals surface area contributed by atoms with Crippen LogP contribution in [0.2, 0.25) is 5.02 Å². The van der Waals surface area contributed by atoms with Crippen LogP contribution in [0, 0.1) is 11.7 Å². The fourth-order valence-electron chi connectivity index (χ4n) is 5.17. The highest BCUT2D eigenvalue weighted by Crippen LogP contribution is 2.34.